The molecule has 0 amide bonds. The Morgan fingerprint density at radius 1 is 1.04 bits per heavy atom. The van der Waals surface area contributed by atoms with E-state index in [1.165, 1.54) is 0 Å². The summed E-state index contributed by atoms with van der Waals surface area (Å²) >= 11 is 1.60. The summed E-state index contributed by atoms with van der Waals surface area (Å²) in [5.74, 6) is 0.516. The zero-order chi connectivity index (χ0) is 19.5. The summed E-state index contributed by atoms with van der Waals surface area (Å²) in [6, 6.07) is 19.5. The molecule has 0 saturated heterocycles. The van der Waals surface area contributed by atoms with Crippen LogP contribution >= 0.6 is 11.8 Å². The molecule has 7 heteroatoms. The number of anilines is 3. The van der Waals surface area contributed by atoms with Crippen LogP contribution in [0.2, 0.25) is 0 Å². The molecular weight excluding hydrogens is 368 g/mol. The lowest BCUT2D eigenvalue weighted by Crippen LogP contribution is -2.00. The van der Waals surface area contributed by atoms with Crippen LogP contribution in [0.4, 0.5) is 17.3 Å². The van der Waals surface area contributed by atoms with Gasteiger partial charge < -0.3 is 11.1 Å². The van der Waals surface area contributed by atoms with Crippen molar-refractivity contribution in [3.8, 4) is 16.9 Å². The van der Waals surface area contributed by atoms with Crippen LogP contribution in [0, 0.1) is 6.92 Å². The van der Waals surface area contributed by atoms with Crippen molar-refractivity contribution >= 4 is 29.1 Å². The van der Waals surface area contributed by atoms with Gasteiger partial charge in [-0.1, -0.05) is 24.3 Å². The average Bonchev–Trinajstić information content (AvgIpc) is 3.05. The Hall–Kier alpha value is -3.32. The Kier molecular flexibility index (Phi) is 4.99. The molecule has 0 aliphatic carbocycles. The van der Waals surface area contributed by atoms with Crippen molar-refractivity contribution in [2.45, 2.75) is 11.9 Å². The fourth-order valence-corrected chi connectivity index (χ4v) is 3.66. The molecule has 6 nitrogen and oxygen atoms in total. The molecule has 0 unspecified atom stereocenters. The molecular formula is C21H20N6S. The van der Waals surface area contributed by atoms with Crippen LogP contribution in [-0.4, -0.2) is 26.0 Å². The quantitative estimate of drug-likeness (QED) is 0.381. The summed E-state index contributed by atoms with van der Waals surface area (Å²) in [4.78, 5) is 9.06. The van der Waals surface area contributed by atoms with Crippen molar-refractivity contribution in [2.75, 3.05) is 17.3 Å². The van der Waals surface area contributed by atoms with E-state index in [1.807, 2.05) is 71.6 Å². The van der Waals surface area contributed by atoms with E-state index < -0.39 is 0 Å². The number of para-hydroxylation sites is 1. The maximum atomic E-state index is 5.85. The van der Waals surface area contributed by atoms with Gasteiger partial charge in [-0.15, -0.1) is 11.8 Å². The van der Waals surface area contributed by atoms with Gasteiger partial charge in [-0.05, 0) is 49.6 Å². The second-order valence-corrected chi connectivity index (χ2v) is 7.03. The molecule has 2 aromatic carbocycles. The highest BCUT2D eigenvalue weighted by Gasteiger charge is 2.18. The number of nitrogens with one attached hydrogen (secondary N) is 1. The van der Waals surface area contributed by atoms with E-state index >= 15 is 0 Å². The van der Waals surface area contributed by atoms with E-state index in [0.717, 1.165) is 33.4 Å². The molecule has 4 rings (SSSR count). The Labute approximate surface area is 167 Å². The predicted octanol–water partition coefficient (Wildman–Crippen LogP) is 4.69. The minimum absolute atomic E-state index is 0.516. The molecule has 0 radical (unpaired) electrons. The zero-order valence-corrected chi connectivity index (χ0v) is 16.4. The van der Waals surface area contributed by atoms with Gasteiger partial charge in [-0.25, -0.2) is 14.6 Å². The Balaban J connectivity index is 1.74. The van der Waals surface area contributed by atoms with Crippen molar-refractivity contribution in [3.05, 3.63) is 72.6 Å². The van der Waals surface area contributed by atoms with Gasteiger partial charge in [0.15, 0.2) is 0 Å². The highest BCUT2D eigenvalue weighted by atomic mass is 32.2. The number of hydrogen-bond donors (Lipinski definition) is 2. The van der Waals surface area contributed by atoms with Crippen molar-refractivity contribution in [1.82, 2.24) is 19.7 Å². The second-order valence-electron chi connectivity index (χ2n) is 6.23. The molecule has 0 spiro atoms. The summed E-state index contributed by atoms with van der Waals surface area (Å²) < 4.78 is 1.95. The maximum absolute atomic E-state index is 5.85. The van der Waals surface area contributed by atoms with E-state index in [9.17, 15) is 0 Å². The van der Waals surface area contributed by atoms with Gasteiger partial charge in [0, 0.05) is 17.6 Å². The molecule has 0 aliphatic rings. The van der Waals surface area contributed by atoms with Gasteiger partial charge in [0.2, 0.25) is 5.95 Å². The van der Waals surface area contributed by atoms with E-state index in [-0.39, 0.29) is 0 Å². The Bertz CT molecular complexity index is 1110. The van der Waals surface area contributed by atoms with Crippen LogP contribution in [-0.2, 0) is 0 Å². The molecule has 0 bridgehead atoms. The fourth-order valence-electron chi connectivity index (χ4n) is 3.04. The predicted molar refractivity (Wildman–Crippen MR) is 115 cm³/mol. The topological polar surface area (TPSA) is 81.7 Å². The van der Waals surface area contributed by atoms with Gasteiger partial charge in [-0.3, -0.25) is 0 Å². The largest absolute Gasteiger partial charge is 0.399 e. The molecule has 140 valence electrons. The van der Waals surface area contributed by atoms with Crippen LogP contribution in [0.3, 0.4) is 0 Å². The number of nitrogen functional groups attached to an aromatic ring is 1. The second kappa shape index (κ2) is 7.74. The summed E-state index contributed by atoms with van der Waals surface area (Å²) in [6.45, 7) is 2.06. The number of nitrogens with two attached hydrogens (primary N) is 1. The lowest BCUT2D eigenvalue weighted by Gasteiger charge is -2.08. The summed E-state index contributed by atoms with van der Waals surface area (Å²) in [6.07, 6.45) is 3.77. The van der Waals surface area contributed by atoms with E-state index in [2.05, 4.69) is 17.2 Å². The Morgan fingerprint density at radius 2 is 1.86 bits per heavy atom. The number of hydrogen-bond acceptors (Lipinski definition) is 6. The molecule has 0 saturated carbocycles. The van der Waals surface area contributed by atoms with Crippen LogP contribution in [0.5, 0.6) is 0 Å². The normalized spacial score (nSPS) is 10.8. The zero-order valence-electron chi connectivity index (χ0n) is 15.6. The highest BCUT2D eigenvalue weighted by molar-refractivity contribution is 7.98. The summed E-state index contributed by atoms with van der Waals surface area (Å²) in [7, 11) is 0. The van der Waals surface area contributed by atoms with Crippen LogP contribution in [0.1, 0.15) is 5.69 Å². The third-order valence-corrected chi connectivity index (χ3v) is 5.01. The van der Waals surface area contributed by atoms with Gasteiger partial charge >= 0.3 is 0 Å². The van der Waals surface area contributed by atoms with Crippen molar-refractivity contribution in [3.63, 3.8) is 0 Å². The first-order chi connectivity index (χ1) is 13.7. The van der Waals surface area contributed by atoms with Gasteiger partial charge in [0.1, 0.15) is 5.03 Å². The number of benzene rings is 2. The summed E-state index contributed by atoms with van der Waals surface area (Å²) in [5.41, 5.74) is 11.3. The van der Waals surface area contributed by atoms with Crippen LogP contribution in [0.15, 0.2) is 71.9 Å². The molecule has 0 aliphatic heterocycles. The fraction of sp³-hybridized carbons (Fsp3) is 0.0952. The lowest BCUT2D eigenvalue weighted by molar-refractivity contribution is 0.814. The van der Waals surface area contributed by atoms with E-state index in [0.29, 0.717) is 11.6 Å². The molecule has 28 heavy (non-hydrogen) atoms. The number of rotatable bonds is 5. The first-order valence-electron chi connectivity index (χ1n) is 8.80. The first kappa shape index (κ1) is 18.1. The first-order valence-corrected chi connectivity index (χ1v) is 10.0. The monoisotopic (exact) mass is 388 g/mol. The van der Waals surface area contributed by atoms with Crippen molar-refractivity contribution in [1.29, 1.82) is 0 Å². The lowest BCUT2D eigenvalue weighted by atomic mass is 10.2. The third kappa shape index (κ3) is 3.57. The number of nitrogens with zero attached hydrogens (tertiary/aromatic N) is 4. The minimum atomic E-state index is 0.516. The highest BCUT2D eigenvalue weighted by Crippen LogP contribution is 2.33. The van der Waals surface area contributed by atoms with Crippen LogP contribution < -0.4 is 11.1 Å². The van der Waals surface area contributed by atoms with Gasteiger partial charge in [-0.2, -0.15) is 5.10 Å². The molecule has 4 aromatic rings. The average molecular weight is 389 g/mol. The van der Waals surface area contributed by atoms with Gasteiger partial charge in [0.25, 0.3) is 0 Å². The van der Waals surface area contributed by atoms with Crippen LogP contribution in [0.25, 0.3) is 16.9 Å². The molecule has 2 heterocycles. The molecule has 0 atom stereocenters. The Morgan fingerprint density at radius 3 is 2.61 bits per heavy atom. The van der Waals surface area contributed by atoms with Gasteiger partial charge in [0.05, 0.1) is 22.6 Å². The smallest absolute Gasteiger partial charge is 0.227 e. The van der Waals surface area contributed by atoms with E-state index in [4.69, 9.17) is 15.8 Å². The number of aromatic nitrogens is 4. The van der Waals surface area contributed by atoms with E-state index in [1.54, 1.807) is 18.0 Å². The number of thioether (sulfide) groups is 1. The maximum Gasteiger partial charge on any atom is 0.227 e. The molecule has 2 aromatic heterocycles. The standard InChI is InChI=1S/C21H20N6S/c1-14-19(20(28-2)26-27(14)17-9-4-3-5-10-17)18-11-12-23-21(25-18)24-16-8-6-7-15(22)13-16/h3-13H,22H2,1-2H3,(H,23,24,25). The van der Waals surface area contributed by atoms with Crippen molar-refractivity contribution < 1.29 is 0 Å². The molecule has 0 fully saturated rings. The van der Waals surface area contributed by atoms with Crippen molar-refractivity contribution in [2.24, 2.45) is 0 Å². The minimum Gasteiger partial charge on any atom is -0.399 e. The SMILES string of the molecule is CSc1nn(-c2ccccc2)c(C)c1-c1ccnc(Nc2cccc(N)c2)n1. The third-order valence-electron chi connectivity index (χ3n) is 4.33. The summed E-state index contributed by atoms with van der Waals surface area (Å²) in [5, 5.41) is 8.92. The molecule has 3 N–H and O–H groups in total.